The second-order valence-electron chi connectivity index (χ2n) is 4.78. The number of benzene rings is 1. The van der Waals surface area contributed by atoms with Gasteiger partial charge in [-0.2, -0.15) is 0 Å². The molecule has 2 aromatic rings. The van der Waals surface area contributed by atoms with E-state index in [1.807, 2.05) is 18.2 Å². The van der Waals surface area contributed by atoms with Crippen LogP contribution >= 0.6 is 0 Å². The number of nitrogens with one attached hydrogen (secondary N) is 1. The number of nitrogens with zero attached hydrogens (tertiary/aromatic N) is 1. The standard InChI is InChI=1S/C17H18N2O4/c1-22-15-9-4-3-7-12(15)11-14(17(21)23-2)19-16(20)13-8-5-6-10-18-13/h3-10,14H,11H2,1-2H3,(H,19,20)/t14-/m0/s1. The first-order valence-corrected chi connectivity index (χ1v) is 7.07. The molecule has 1 aromatic carbocycles. The van der Waals surface area contributed by atoms with Gasteiger partial charge in [-0.15, -0.1) is 0 Å². The summed E-state index contributed by atoms with van der Waals surface area (Å²) in [6.07, 6.45) is 1.78. The lowest BCUT2D eigenvalue weighted by molar-refractivity contribution is -0.142. The van der Waals surface area contributed by atoms with E-state index in [4.69, 9.17) is 9.47 Å². The summed E-state index contributed by atoms with van der Waals surface area (Å²) in [5.74, 6) is -0.315. The highest BCUT2D eigenvalue weighted by Gasteiger charge is 2.24. The predicted octanol–water partition coefficient (Wildman–Crippen LogP) is 1.60. The lowest BCUT2D eigenvalue weighted by Crippen LogP contribution is -2.43. The first kappa shape index (κ1) is 16.5. The van der Waals surface area contributed by atoms with E-state index in [0.717, 1.165) is 5.56 Å². The van der Waals surface area contributed by atoms with Crippen LogP contribution in [0.3, 0.4) is 0 Å². The van der Waals surface area contributed by atoms with Crippen LogP contribution in [-0.4, -0.2) is 37.1 Å². The maximum absolute atomic E-state index is 12.2. The average molecular weight is 314 g/mol. The Morgan fingerprint density at radius 3 is 2.52 bits per heavy atom. The van der Waals surface area contributed by atoms with E-state index in [2.05, 4.69) is 10.3 Å². The van der Waals surface area contributed by atoms with Gasteiger partial charge in [-0.3, -0.25) is 9.78 Å². The van der Waals surface area contributed by atoms with Crippen LogP contribution in [-0.2, 0) is 16.0 Å². The Morgan fingerprint density at radius 2 is 1.87 bits per heavy atom. The number of amides is 1. The molecule has 120 valence electrons. The van der Waals surface area contributed by atoms with Crippen LogP contribution in [0.1, 0.15) is 16.1 Å². The molecular weight excluding hydrogens is 296 g/mol. The van der Waals surface area contributed by atoms with Crippen LogP contribution < -0.4 is 10.1 Å². The number of esters is 1. The SMILES string of the molecule is COC(=O)[C@H](Cc1ccccc1OC)NC(=O)c1ccccn1. The van der Waals surface area contributed by atoms with Crippen molar-refractivity contribution in [3.63, 3.8) is 0 Å². The smallest absolute Gasteiger partial charge is 0.328 e. The Balaban J connectivity index is 2.17. The maximum atomic E-state index is 12.2. The minimum atomic E-state index is -0.828. The van der Waals surface area contributed by atoms with E-state index in [0.29, 0.717) is 5.75 Å². The van der Waals surface area contributed by atoms with Crippen LogP contribution in [0.4, 0.5) is 0 Å². The minimum Gasteiger partial charge on any atom is -0.496 e. The number of methoxy groups -OCH3 is 2. The summed E-state index contributed by atoms with van der Waals surface area (Å²) in [4.78, 5) is 28.2. The normalized spacial score (nSPS) is 11.4. The van der Waals surface area contributed by atoms with Crippen molar-refractivity contribution in [2.75, 3.05) is 14.2 Å². The number of carbonyl (C=O) groups is 2. The number of carbonyl (C=O) groups excluding carboxylic acids is 2. The molecule has 0 unspecified atom stereocenters. The molecule has 1 amide bonds. The van der Waals surface area contributed by atoms with Gasteiger partial charge >= 0.3 is 5.97 Å². The van der Waals surface area contributed by atoms with Gasteiger partial charge in [0, 0.05) is 12.6 Å². The van der Waals surface area contributed by atoms with Crippen LogP contribution in [0.25, 0.3) is 0 Å². The molecule has 6 heteroatoms. The third kappa shape index (κ3) is 4.29. The van der Waals surface area contributed by atoms with Crippen molar-refractivity contribution in [2.24, 2.45) is 0 Å². The molecule has 1 heterocycles. The van der Waals surface area contributed by atoms with Gasteiger partial charge in [-0.05, 0) is 23.8 Å². The lowest BCUT2D eigenvalue weighted by Gasteiger charge is -2.17. The molecule has 1 N–H and O–H groups in total. The van der Waals surface area contributed by atoms with E-state index >= 15 is 0 Å². The molecule has 0 saturated carbocycles. The summed E-state index contributed by atoms with van der Waals surface area (Å²) in [5.41, 5.74) is 1.04. The highest BCUT2D eigenvalue weighted by atomic mass is 16.5. The molecule has 6 nitrogen and oxygen atoms in total. The first-order valence-electron chi connectivity index (χ1n) is 7.07. The lowest BCUT2D eigenvalue weighted by atomic mass is 10.0. The predicted molar refractivity (Wildman–Crippen MR) is 84.2 cm³/mol. The molecule has 2 rings (SSSR count). The molecular formula is C17H18N2O4. The van der Waals surface area contributed by atoms with Crippen molar-refractivity contribution >= 4 is 11.9 Å². The van der Waals surface area contributed by atoms with Gasteiger partial charge in [0.15, 0.2) is 0 Å². The van der Waals surface area contributed by atoms with Gasteiger partial charge in [-0.25, -0.2) is 4.79 Å². The average Bonchev–Trinajstić information content (AvgIpc) is 2.61. The molecule has 0 fully saturated rings. The fourth-order valence-corrected chi connectivity index (χ4v) is 2.16. The molecule has 0 saturated heterocycles. The maximum Gasteiger partial charge on any atom is 0.328 e. The number of ether oxygens (including phenoxy) is 2. The monoisotopic (exact) mass is 314 g/mol. The Kier molecular flexibility index (Phi) is 5.68. The Morgan fingerprint density at radius 1 is 1.13 bits per heavy atom. The fourth-order valence-electron chi connectivity index (χ4n) is 2.16. The third-order valence-corrected chi connectivity index (χ3v) is 3.31. The summed E-state index contributed by atoms with van der Waals surface area (Å²) < 4.78 is 10.1. The van der Waals surface area contributed by atoms with Gasteiger partial charge in [0.05, 0.1) is 14.2 Å². The zero-order valence-electron chi connectivity index (χ0n) is 13.0. The van der Waals surface area contributed by atoms with Crippen molar-refractivity contribution in [3.8, 4) is 5.75 Å². The minimum absolute atomic E-state index is 0.237. The van der Waals surface area contributed by atoms with E-state index < -0.39 is 17.9 Å². The van der Waals surface area contributed by atoms with Gasteiger partial charge in [0.1, 0.15) is 17.5 Å². The number of hydrogen-bond donors (Lipinski definition) is 1. The van der Waals surface area contributed by atoms with Gasteiger partial charge in [0.25, 0.3) is 5.91 Å². The molecule has 0 aliphatic carbocycles. The Labute approximate surface area is 134 Å². The van der Waals surface area contributed by atoms with Crippen molar-refractivity contribution < 1.29 is 19.1 Å². The topological polar surface area (TPSA) is 77.5 Å². The van der Waals surface area contributed by atoms with Crippen molar-refractivity contribution in [2.45, 2.75) is 12.5 Å². The molecule has 0 aliphatic rings. The zero-order valence-corrected chi connectivity index (χ0v) is 13.0. The van der Waals surface area contributed by atoms with Crippen molar-refractivity contribution in [1.29, 1.82) is 0 Å². The highest BCUT2D eigenvalue weighted by molar-refractivity contribution is 5.95. The molecule has 23 heavy (non-hydrogen) atoms. The van der Waals surface area contributed by atoms with E-state index in [-0.39, 0.29) is 12.1 Å². The fraction of sp³-hybridized carbons (Fsp3) is 0.235. The largest absolute Gasteiger partial charge is 0.496 e. The van der Waals surface area contributed by atoms with Gasteiger partial charge < -0.3 is 14.8 Å². The second-order valence-corrected chi connectivity index (χ2v) is 4.78. The summed E-state index contributed by atoms with van der Waals surface area (Å²) in [6.45, 7) is 0. The number of para-hydroxylation sites is 1. The van der Waals surface area contributed by atoms with Gasteiger partial charge in [0.2, 0.25) is 0 Å². The second kappa shape index (κ2) is 7.93. The van der Waals surface area contributed by atoms with Crippen LogP contribution in [0.15, 0.2) is 48.7 Å². The number of rotatable bonds is 6. The molecule has 1 aromatic heterocycles. The highest BCUT2D eigenvalue weighted by Crippen LogP contribution is 2.19. The quantitative estimate of drug-likeness (QED) is 0.820. The Bertz CT molecular complexity index is 673. The van der Waals surface area contributed by atoms with E-state index in [9.17, 15) is 9.59 Å². The van der Waals surface area contributed by atoms with Crippen LogP contribution in [0, 0.1) is 0 Å². The molecule has 0 spiro atoms. The first-order chi connectivity index (χ1) is 11.2. The van der Waals surface area contributed by atoms with E-state index in [1.54, 1.807) is 31.4 Å². The molecule has 0 aliphatic heterocycles. The van der Waals surface area contributed by atoms with Crippen LogP contribution in [0.2, 0.25) is 0 Å². The zero-order chi connectivity index (χ0) is 16.7. The molecule has 0 radical (unpaired) electrons. The third-order valence-electron chi connectivity index (χ3n) is 3.31. The Hall–Kier alpha value is -2.89. The summed E-state index contributed by atoms with van der Waals surface area (Å²) in [7, 11) is 2.84. The van der Waals surface area contributed by atoms with Crippen molar-refractivity contribution in [3.05, 3.63) is 59.9 Å². The van der Waals surface area contributed by atoms with Gasteiger partial charge in [-0.1, -0.05) is 24.3 Å². The van der Waals surface area contributed by atoms with Crippen molar-refractivity contribution in [1.82, 2.24) is 10.3 Å². The summed E-state index contributed by atoms with van der Waals surface area (Å²) in [5, 5.41) is 2.65. The molecule has 1 atom stereocenters. The van der Waals surface area contributed by atoms with E-state index in [1.165, 1.54) is 13.3 Å². The number of aromatic nitrogens is 1. The molecule has 0 bridgehead atoms. The van der Waals surface area contributed by atoms with Crippen LogP contribution in [0.5, 0.6) is 5.75 Å². The number of hydrogen-bond acceptors (Lipinski definition) is 5. The summed E-state index contributed by atoms with van der Waals surface area (Å²) >= 11 is 0. The summed E-state index contributed by atoms with van der Waals surface area (Å²) in [6, 6.07) is 11.5. The number of pyridine rings is 1.